The lowest BCUT2D eigenvalue weighted by molar-refractivity contribution is 1.02. The Morgan fingerprint density at radius 1 is 1.29 bits per heavy atom. The number of halogens is 1. The molecule has 88 valence electrons. The Morgan fingerprint density at radius 2 is 2.12 bits per heavy atom. The highest BCUT2D eigenvalue weighted by Crippen LogP contribution is 2.30. The minimum absolute atomic E-state index is 0.552. The minimum Gasteiger partial charge on any atom is -0.381 e. The van der Waals surface area contributed by atoms with Crippen molar-refractivity contribution in [1.82, 2.24) is 9.97 Å². The molecule has 0 aliphatic carbocycles. The molecular formula is C12H13ClN4. The molecule has 0 unspecified atom stereocenters. The predicted octanol–water partition coefficient (Wildman–Crippen LogP) is 2.17. The van der Waals surface area contributed by atoms with Crippen molar-refractivity contribution < 1.29 is 0 Å². The zero-order valence-corrected chi connectivity index (χ0v) is 9.98. The molecule has 1 aromatic carbocycles. The molecular weight excluding hydrogens is 236 g/mol. The fraction of sp³-hybridized carbons (Fsp3) is 0.167. The van der Waals surface area contributed by atoms with E-state index in [2.05, 4.69) is 15.3 Å². The van der Waals surface area contributed by atoms with E-state index in [-0.39, 0.29) is 0 Å². The smallest absolute Gasteiger partial charge is 0.116 e. The van der Waals surface area contributed by atoms with Gasteiger partial charge < -0.3 is 11.1 Å². The summed E-state index contributed by atoms with van der Waals surface area (Å²) >= 11 is 6.15. The first kappa shape index (κ1) is 11.8. The number of hydrogen-bond acceptors (Lipinski definition) is 4. The molecule has 17 heavy (non-hydrogen) atoms. The van der Waals surface area contributed by atoms with Gasteiger partial charge in [-0.15, -0.1) is 0 Å². The van der Waals surface area contributed by atoms with Crippen LogP contribution in [0.4, 0.5) is 5.69 Å². The summed E-state index contributed by atoms with van der Waals surface area (Å²) in [6.07, 6.45) is 3.23. The van der Waals surface area contributed by atoms with Gasteiger partial charge in [-0.2, -0.15) is 0 Å². The third kappa shape index (κ3) is 2.72. The van der Waals surface area contributed by atoms with Crippen LogP contribution in [0.25, 0.3) is 11.3 Å². The number of hydrogen-bond donors (Lipinski definition) is 2. The van der Waals surface area contributed by atoms with Crippen LogP contribution in [-0.4, -0.2) is 23.1 Å². The summed E-state index contributed by atoms with van der Waals surface area (Å²) in [5.41, 5.74) is 7.98. The first-order valence-corrected chi connectivity index (χ1v) is 5.69. The molecule has 0 radical (unpaired) electrons. The zero-order valence-electron chi connectivity index (χ0n) is 9.23. The molecule has 0 atom stereocenters. The third-order valence-electron chi connectivity index (χ3n) is 2.30. The Morgan fingerprint density at radius 3 is 2.88 bits per heavy atom. The standard InChI is InChI=1S/C12H13ClN4/c13-10-4-2-1-3-9(10)12-11(16-6-5-14)7-15-8-17-12/h1-4,7-8,16H,5-6,14H2. The van der Waals surface area contributed by atoms with Crippen molar-refractivity contribution in [3.05, 3.63) is 41.8 Å². The van der Waals surface area contributed by atoms with Crippen LogP contribution in [0.3, 0.4) is 0 Å². The zero-order chi connectivity index (χ0) is 12.1. The molecule has 0 bridgehead atoms. The summed E-state index contributed by atoms with van der Waals surface area (Å²) in [7, 11) is 0. The maximum absolute atomic E-state index is 6.15. The number of nitrogens with zero attached hydrogens (tertiary/aromatic N) is 2. The summed E-state index contributed by atoms with van der Waals surface area (Å²) in [6, 6.07) is 7.58. The molecule has 1 aromatic heterocycles. The van der Waals surface area contributed by atoms with Crippen molar-refractivity contribution in [2.75, 3.05) is 18.4 Å². The second-order valence-corrected chi connectivity index (χ2v) is 3.89. The van der Waals surface area contributed by atoms with Crippen LogP contribution < -0.4 is 11.1 Å². The van der Waals surface area contributed by atoms with Crippen LogP contribution in [-0.2, 0) is 0 Å². The molecule has 0 aliphatic heterocycles. The SMILES string of the molecule is NCCNc1cncnc1-c1ccccc1Cl. The molecule has 3 N–H and O–H groups in total. The lowest BCUT2D eigenvalue weighted by atomic mass is 10.1. The van der Waals surface area contributed by atoms with Crippen LogP contribution in [0.15, 0.2) is 36.8 Å². The van der Waals surface area contributed by atoms with Gasteiger partial charge in [0.1, 0.15) is 6.33 Å². The van der Waals surface area contributed by atoms with Crippen LogP contribution in [0.2, 0.25) is 5.02 Å². The van der Waals surface area contributed by atoms with Crippen LogP contribution in [0.1, 0.15) is 0 Å². The normalized spacial score (nSPS) is 10.2. The van der Waals surface area contributed by atoms with Gasteiger partial charge in [0, 0.05) is 18.7 Å². The lowest BCUT2D eigenvalue weighted by Crippen LogP contribution is -2.14. The quantitative estimate of drug-likeness (QED) is 0.871. The molecule has 2 rings (SSSR count). The van der Waals surface area contributed by atoms with E-state index in [1.807, 2.05) is 24.3 Å². The monoisotopic (exact) mass is 248 g/mol. The summed E-state index contributed by atoms with van der Waals surface area (Å²) < 4.78 is 0. The van der Waals surface area contributed by atoms with E-state index in [9.17, 15) is 0 Å². The van der Waals surface area contributed by atoms with Crippen LogP contribution in [0, 0.1) is 0 Å². The van der Waals surface area contributed by atoms with Gasteiger partial charge >= 0.3 is 0 Å². The first-order chi connectivity index (χ1) is 8.33. The van der Waals surface area contributed by atoms with Crippen molar-refractivity contribution >= 4 is 17.3 Å². The second kappa shape index (κ2) is 5.61. The van der Waals surface area contributed by atoms with Gasteiger partial charge in [0.05, 0.1) is 22.6 Å². The maximum atomic E-state index is 6.15. The van der Waals surface area contributed by atoms with Crippen molar-refractivity contribution in [1.29, 1.82) is 0 Å². The highest BCUT2D eigenvalue weighted by atomic mass is 35.5. The molecule has 0 fully saturated rings. The van der Waals surface area contributed by atoms with Gasteiger partial charge in [-0.05, 0) is 6.07 Å². The van der Waals surface area contributed by atoms with Crippen molar-refractivity contribution in [3.8, 4) is 11.3 Å². The number of aromatic nitrogens is 2. The molecule has 0 aliphatic rings. The highest BCUT2D eigenvalue weighted by molar-refractivity contribution is 6.33. The van der Waals surface area contributed by atoms with Gasteiger partial charge in [-0.1, -0.05) is 29.8 Å². The van der Waals surface area contributed by atoms with Crippen molar-refractivity contribution in [2.45, 2.75) is 0 Å². The molecule has 2 aromatic rings. The van der Waals surface area contributed by atoms with Crippen molar-refractivity contribution in [2.24, 2.45) is 5.73 Å². The largest absolute Gasteiger partial charge is 0.381 e. The lowest BCUT2D eigenvalue weighted by Gasteiger charge is -2.10. The topological polar surface area (TPSA) is 63.8 Å². The van der Waals surface area contributed by atoms with Gasteiger partial charge in [0.15, 0.2) is 0 Å². The van der Waals surface area contributed by atoms with Gasteiger partial charge in [-0.25, -0.2) is 9.97 Å². The summed E-state index contributed by atoms with van der Waals surface area (Å²) in [4.78, 5) is 8.26. The average Bonchev–Trinajstić information content (AvgIpc) is 2.37. The molecule has 4 nitrogen and oxygen atoms in total. The van der Waals surface area contributed by atoms with E-state index in [1.165, 1.54) is 6.33 Å². The molecule has 0 saturated carbocycles. The van der Waals surface area contributed by atoms with Crippen LogP contribution >= 0.6 is 11.6 Å². The number of nitrogens with one attached hydrogen (secondary N) is 1. The first-order valence-electron chi connectivity index (χ1n) is 5.32. The second-order valence-electron chi connectivity index (χ2n) is 3.48. The Bertz CT molecular complexity index is 501. The summed E-state index contributed by atoms with van der Waals surface area (Å²) in [6.45, 7) is 1.22. The Balaban J connectivity index is 2.41. The van der Waals surface area contributed by atoms with E-state index in [1.54, 1.807) is 6.20 Å². The van der Waals surface area contributed by atoms with E-state index in [0.29, 0.717) is 18.1 Å². The Kier molecular flexibility index (Phi) is 3.90. The fourth-order valence-electron chi connectivity index (χ4n) is 1.53. The van der Waals surface area contributed by atoms with Gasteiger partial charge in [0.2, 0.25) is 0 Å². The summed E-state index contributed by atoms with van der Waals surface area (Å²) in [5, 5.41) is 3.85. The van der Waals surface area contributed by atoms with E-state index < -0.39 is 0 Å². The molecule has 0 saturated heterocycles. The number of benzene rings is 1. The van der Waals surface area contributed by atoms with Gasteiger partial charge in [0.25, 0.3) is 0 Å². The molecule has 0 spiro atoms. The minimum atomic E-state index is 0.552. The predicted molar refractivity (Wildman–Crippen MR) is 70.0 cm³/mol. The highest BCUT2D eigenvalue weighted by Gasteiger charge is 2.09. The third-order valence-corrected chi connectivity index (χ3v) is 2.63. The van der Waals surface area contributed by atoms with E-state index >= 15 is 0 Å². The number of rotatable bonds is 4. The molecule has 0 amide bonds. The molecule has 5 heteroatoms. The van der Waals surface area contributed by atoms with Crippen molar-refractivity contribution in [3.63, 3.8) is 0 Å². The molecule has 1 heterocycles. The Hall–Kier alpha value is -1.65. The average molecular weight is 249 g/mol. The number of nitrogens with two attached hydrogens (primary N) is 1. The van der Waals surface area contributed by atoms with E-state index in [4.69, 9.17) is 17.3 Å². The fourth-order valence-corrected chi connectivity index (χ4v) is 1.76. The Labute approximate surface area is 105 Å². The van der Waals surface area contributed by atoms with E-state index in [0.717, 1.165) is 16.9 Å². The number of anilines is 1. The van der Waals surface area contributed by atoms with Crippen LogP contribution in [0.5, 0.6) is 0 Å². The maximum Gasteiger partial charge on any atom is 0.116 e. The van der Waals surface area contributed by atoms with Gasteiger partial charge in [-0.3, -0.25) is 0 Å². The summed E-state index contributed by atoms with van der Waals surface area (Å²) in [5.74, 6) is 0.